The molecule has 1 atom stereocenters. The van der Waals surface area contributed by atoms with Crippen LogP contribution in [0.1, 0.15) is 22.4 Å². The molecule has 0 saturated carbocycles. The molecule has 0 amide bonds. The quantitative estimate of drug-likeness (QED) is 0.779. The number of nitrogens with one attached hydrogen (secondary N) is 1. The third kappa shape index (κ3) is 1.61. The van der Waals surface area contributed by atoms with Crippen molar-refractivity contribution >= 4 is 21.6 Å². The van der Waals surface area contributed by atoms with Crippen molar-refractivity contribution in [3.63, 3.8) is 0 Å². The predicted octanol–water partition coefficient (Wildman–Crippen LogP) is 3.26. The van der Waals surface area contributed by atoms with Crippen LogP contribution in [0.2, 0.25) is 0 Å². The highest BCUT2D eigenvalue weighted by Gasteiger charge is 2.19. The number of rotatable bonds is 1. The zero-order chi connectivity index (χ0) is 10.1. The van der Waals surface area contributed by atoms with Crippen LogP contribution >= 0.6 is 15.9 Å². The molecule has 14 heavy (non-hydrogen) atoms. The summed E-state index contributed by atoms with van der Waals surface area (Å²) in [4.78, 5) is 0.451. The van der Waals surface area contributed by atoms with E-state index in [0.717, 1.165) is 18.7 Å². The Morgan fingerprint density at radius 1 is 1.50 bits per heavy atom. The predicted molar refractivity (Wildman–Crippen MR) is 62.5 cm³/mol. The standard InChI is InChI=1S/C11H14BrNO/c1-7-5-8(14-2)6-9-10(12)3-4-13-11(7)9/h5-6,10,13H,3-4H2,1-2H3. The normalized spacial score (nSPS) is 19.8. The number of hydrogen-bond donors (Lipinski definition) is 1. The van der Waals surface area contributed by atoms with Crippen molar-refractivity contribution in [1.29, 1.82) is 0 Å². The summed E-state index contributed by atoms with van der Waals surface area (Å²) in [6.07, 6.45) is 1.12. The van der Waals surface area contributed by atoms with Crippen LogP contribution in [-0.4, -0.2) is 13.7 Å². The van der Waals surface area contributed by atoms with Crippen LogP contribution in [0.15, 0.2) is 12.1 Å². The van der Waals surface area contributed by atoms with E-state index >= 15 is 0 Å². The largest absolute Gasteiger partial charge is 0.497 e. The molecule has 0 radical (unpaired) electrons. The number of hydrogen-bond acceptors (Lipinski definition) is 2. The van der Waals surface area contributed by atoms with Crippen molar-refractivity contribution in [2.24, 2.45) is 0 Å². The van der Waals surface area contributed by atoms with Gasteiger partial charge in [0.1, 0.15) is 5.75 Å². The zero-order valence-corrected chi connectivity index (χ0v) is 10.0. The number of benzene rings is 1. The van der Waals surface area contributed by atoms with Gasteiger partial charge in [0.15, 0.2) is 0 Å². The van der Waals surface area contributed by atoms with Crippen LogP contribution in [-0.2, 0) is 0 Å². The Hall–Kier alpha value is -0.700. The highest BCUT2D eigenvalue weighted by Crippen LogP contribution is 2.39. The second kappa shape index (κ2) is 3.81. The van der Waals surface area contributed by atoms with E-state index in [1.165, 1.54) is 16.8 Å². The Bertz CT molecular complexity index is 351. The number of aryl methyl sites for hydroxylation is 1. The molecule has 0 aromatic heterocycles. The van der Waals surface area contributed by atoms with E-state index in [-0.39, 0.29) is 0 Å². The Kier molecular flexibility index (Phi) is 2.68. The summed E-state index contributed by atoms with van der Waals surface area (Å²) in [6.45, 7) is 3.15. The van der Waals surface area contributed by atoms with Gasteiger partial charge in [0.25, 0.3) is 0 Å². The molecule has 76 valence electrons. The molecule has 1 unspecified atom stereocenters. The van der Waals surface area contributed by atoms with E-state index in [1.54, 1.807) is 7.11 Å². The average Bonchev–Trinajstić information content (AvgIpc) is 2.19. The molecule has 3 heteroatoms. The Morgan fingerprint density at radius 3 is 3.00 bits per heavy atom. The first kappa shape index (κ1) is 9.84. The third-order valence-corrected chi connectivity index (χ3v) is 3.56. The molecule has 0 saturated heterocycles. The van der Waals surface area contributed by atoms with Gasteiger partial charge in [0.2, 0.25) is 0 Å². The van der Waals surface area contributed by atoms with Gasteiger partial charge in [-0.3, -0.25) is 0 Å². The zero-order valence-electron chi connectivity index (χ0n) is 8.43. The van der Waals surface area contributed by atoms with E-state index in [4.69, 9.17) is 4.74 Å². The minimum atomic E-state index is 0.451. The first-order valence-electron chi connectivity index (χ1n) is 4.79. The first-order chi connectivity index (χ1) is 6.72. The van der Waals surface area contributed by atoms with E-state index < -0.39 is 0 Å². The minimum absolute atomic E-state index is 0.451. The molecule has 1 aromatic carbocycles. The molecule has 1 N–H and O–H groups in total. The molecular formula is C11H14BrNO. The van der Waals surface area contributed by atoms with Crippen LogP contribution in [0.4, 0.5) is 5.69 Å². The average molecular weight is 256 g/mol. The fraction of sp³-hybridized carbons (Fsp3) is 0.455. The van der Waals surface area contributed by atoms with Gasteiger partial charge < -0.3 is 10.1 Å². The molecule has 1 aliphatic rings. The first-order valence-corrected chi connectivity index (χ1v) is 5.70. The van der Waals surface area contributed by atoms with E-state index in [1.807, 2.05) is 0 Å². The van der Waals surface area contributed by atoms with Gasteiger partial charge in [-0.05, 0) is 36.6 Å². The van der Waals surface area contributed by atoms with Gasteiger partial charge in [-0.15, -0.1) is 0 Å². The summed E-state index contributed by atoms with van der Waals surface area (Å²) in [5.74, 6) is 0.939. The Morgan fingerprint density at radius 2 is 2.29 bits per heavy atom. The second-order valence-corrected chi connectivity index (χ2v) is 4.70. The lowest BCUT2D eigenvalue weighted by atomic mass is 9.99. The van der Waals surface area contributed by atoms with Gasteiger partial charge >= 0.3 is 0 Å². The molecule has 1 aliphatic heterocycles. The van der Waals surface area contributed by atoms with Crippen molar-refractivity contribution in [2.75, 3.05) is 19.0 Å². The molecule has 0 bridgehead atoms. The van der Waals surface area contributed by atoms with Gasteiger partial charge in [0, 0.05) is 17.1 Å². The number of fused-ring (bicyclic) bond motifs is 1. The summed E-state index contributed by atoms with van der Waals surface area (Å²) < 4.78 is 5.26. The van der Waals surface area contributed by atoms with E-state index in [0.29, 0.717) is 4.83 Å². The van der Waals surface area contributed by atoms with Gasteiger partial charge in [-0.1, -0.05) is 15.9 Å². The molecule has 0 spiro atoms. The highest BCUT2D eigenvalue weighted by atomic mass is 79.9. The van der Waals surface area contributed by atoms with Gasteiger partial charge in [0.05, 0.1) is 7.11 Å². The van der Waals surface area contributed by atoms with Crippen LogP contribution in [0.25, 0.3) is 0 Å². The SMILES string of the molecule is COc1cc(C)c2c(c1)C(Br)CCN2. The summed E-state index contributed by atoms with van der Waals surface area (Å²) in [7, 11) is 1.71. The highest BCUT2D eigenvalue weighted by molar-refractivity contribution is 9.09. The van der Waals surface area contributed by atoms with E-state index in [2.05, 4.69) is 40.3 Å². The molecule has 1 aromatic rings. The number of alkyl halides is 1. The molecular weight excluding hydrogens is 242 g/mol. The number of anilines is 1. The summed E-state index contributed by atoms with van der Waals surface area (Å²) in [5, 5.41) is 3.43. The maximum absolute atomic E-state index is 5.26. The van der Waals surface area contributed by atoms with Crippen molar-refractivity contribution in [3.8, 4) is 5.75 Å². The van der Waals surface area contributed by atoms with Crippen molar-refractivity contribution in [2.45, 2.75) is 18.2 Å². The van der Waals surface area contributed by atoms with Crippen LogP contribution in [0.5, 0.6) is 5.75 Å². The number of halogens is 1. The van der Waals surface area contributed by atoms with Crippen LogP contribution in [0.3, 0.4) is 0 Å². The summed E-state index contributed by atoms with van der Waals surface area (Å²) in [5.41, 5.74) is 3.83. The van der Waals surface area contributed by atoms with E-state index in [9.17, 15) is 0 Å². The smallest absolute Gasteiger partial charge is 0.119 e. The van der Waals surface area contributed by atoms with Crippen molar-refractivity contribution < 1.29 is 4.74 Å². The summed E-state index contributed by atoms with van der Waals surface area (Å²) >= 11 is 3.69. The third-order valence-electron chi connectivity index (χ3n) is 2.61. The van der Waals surface area contributed by atoms with Crippen LogP contribution in [0, 0.1) is 6.92 Å². The lowest BCUT2D eigenvalue weighted by molar-refractivity contribution is 0.414. The molecule has 2 rings (SSSR count). The Labute approximate surface area is 92.8 Å². The maximum Gasteiger partial charge on any atom is 0.119 e. The molecule has 0 fully saturated rings. The fourth-order valence-electron chi connectivity index (χ4n) is 1.87. The van der Waals surface area contributed by atoms with Gasteiger partial charge in [-0.25, -0.2) is 0 Å². The monoisotopic (exact) mass is 255 g/mol. The minimum Gasteiger partial charge on any atom is -0.497 e. The maximum atomic E-state index is 5.26. The molecule has 1 heterocycles. The van der Waals surface area contributed by atoms with Gasteiger partial charge in [-0.2, -0.15) is 0 Å². The fourth-order valence-corrected chi connectivity index (χ4v) is 2.46. The second-order valence-electron chi connectivity index (χ2n) is 3.59. The Balaban J connectivity index is 2.51. The lowest BCUT2D eigenvalue weighted by Gasteiger charge is -2.25. The van der Waals surface area contributed by atoms with Crippen LogP contribution < -0.4 is 10.1 Å². The summed E-state index contributed by atoms with van der Waals surface area (Å²) in [6, 6.07) is 4.17. The van der Waals surface area contributed by atoms with Crippen molar-refractivity contribution in [1.82, 2.24) is 0 Å². The topological polar surface area (TPSA) is 21.3 Å². The number of methoxy groups -OCH3 is 1. The van der Waals surface area contributed by atoms with Crippen molar-refractivity contribution in [3.05, 3.63) is 23.3 Å². The number of ether oxygens (including phenoxy) is 1. The molecule has 2 nitrogen and oxygen atoms in total. The molecule has 0 aliphatic carbocycles. The lowest BCUT2D eigenvalue weighted by Crippen LogP contribution is -2.14.